The third-order valence-corrected chi connectivity index (χ3v) is 5.15. The van der Waals surface area contributed by atoms with E-state index in [2.05, 4.69) is 16.8 Å². The Kier molecular flexibility index (Phi) is 5.09. The van der Waals surface area contributed by atoms with Crippen molar-refractivity contribution in [1.29, 1.82) is 0 Å². The van der Waals surface area contributed by atoms with Crippen molar-refractivity contribution in [2.45, 2.75) is 13.0 Å². The molecule has 2 aromatic rings. The minimum absolute atomic E-state index is 0.0660. The van der Waals surface area contributed by atoms with Crippen molar-refractivity contribution < 1.29 is 13.9 Å². The molecule has 2 aromatic heterocycles. The number of piperazine rings is 1. The fourth-order valence-corrected chi connectivity index (χ4v) is 3.63. The van der Waals surface area contributed by atoms with Gasteiger partial charge in [-0.2, -0.15) is 0 Å². The Morgan fingerprint density at radius 3 is 2.87 bits per heavy atom. The summed E-state index contributed by atoms with van der Waals surface area (Å²) < 4.78 is 10.3. The fraction of sp³-hybridized carbons (Fsp3) is 0.500. The highest BCUT2D eigenvalue weighted by molar-refractivity contribution is 7.16. The van der Waals surface area contributed by atoms with Crippen molar-refractivity contribution in [2.75, 3.05) is 39.9 Å². The van der Waals surface area contributed by atoms with Gasteiger partial charge in [-0.3, -0.25) is 9.69 Å². The van der Waals surface area contributed by atoms with E-state index < -0.39 is 0 Å². The van der Waals surface area contributed by atoms with Crippen molar-refractivity contribution in [2.24, 2.45) is 0 Å². The maximum atomic E-state index is 12.6. The molecule has 1 saturated heterocycles. The van der Waals surface area contributed by atoms with Gasteiger partial charge in [0.25, 0.3) is 5.91 Å². The van der Waals surface area contributed by atoms with Gasteiger partial charge in [0, 0.05) is 44.9 Å². The normalized spacial score (nSPS) is 17.4. The van der Waals surface area contributed by atoms with Gasteiger partial charge in [0.2, 0.25) is 0 Å². The first kappa shape index (κ1) is 16.2. The van der Waals surface area contributed by atoms with Gasteiger partial charge in [-0.25, -0.2) is 4.98 Å². The summed E-state index contributed by atoms with van der Waals surface area (Å²) in [6.07, 6.45) is 4.91. The molecule has 1 atom stereocenters. The highest BCUT2D eigenvalue weighted by Gasteiger charge is 2.26. The van der Waals surface area contributed by atoms with Gasteiger partial charge in [-0.05, 0) is 13.0 Å². The van der Waals surface area contributed by atoms with E-state index in [1.807, 2.05) is 11.0 Å². The number of carbonyl (C=O) groups excluding carboxylic acids is 1. The molecule has 0 saturated carbocycles. The molecule has 7 heteroatoms. The second-order valence-electron chi connectivity index (χ2n) is 5.67. The minimum atomic E-state index is 0.0660. The molecule has 1 amide bonds. The third kappa shape index (κ3) is 3.63. The molecule has 3 rings (SSSR count). The molecular weight excluding hydrogens is 314 g/mol. The predicted octanol–water partition coefficient (Wildman–Crippen LogP) is 2.20. The highest BCUT2D eigenvalue weighted by Crippen LogP contribution is 2.26. The molecule has 3 heterocycles. The summed E-state index contributed by atoms with van der Waals surface area (Å²) >= 11 is 1.41. The monoisotopic (exact) mass is 335 g/mol. The molecule has 1 unspecified atom stereocenters. The second kappa shape index (κ2) is 7.25. The van der Waals surface area contributed by atoms with Crippen LogP contribution in [0.25, 0.3) is 10.6 Å². The van der Waals surface area contributed by atoms with E-state index in [4.69, 9.17) is 9.15 Å². The molecular formula is C16H21N3O3S. The minimum Gasteiger partial charge on any atom is -0.472 e. The summed E-state index contributed by atoms with van der Waals surface area (Å²) in [6.45, 7) is 6.11. The van der Waals surface area contributed by atoms with Crippen molar-refractivity contribution in [3.8, 4) is 10.6 Å². The van der Waals surface area contributed by atoms with Crippen molar-refractivity contribution in [1.82, 2.24) is 14.8 Å². The lowest BCUT2D eigenvalue weighted by molar-refractivity contribution is 0.0452. The van der Waals surface area contributed by atoms with Crippen LogP contribution in [0.2, 0.25) is 0 Å². The standard InChI is InChI=1S/C16H21N3O3S/c1-12(10-21-2)18-4-6-19(7-5-18)16(20)14-9-17-15(23-14)13-3-8-22-11-13/h3,8-9,11-12H,4-7,10H2,1-2H3. The summed E-state index contributed by atoms with van der Waals surface area (Å²) in [5.74, 6) is 0.0660. The van der Waals surface area contributed by atoms with Gasteiger partial charge in [0.15, 0.2) is 0 Å². The number of methoxy groups -OCH3 is 1. The van der Waals surface area contributed by atoms with Crippen LogP contribution in [0, 0.1) is 0 Å². The SMILES string of the molecule is COCC(C)N1CCN(C(=O)c2cnc(-c3ccoc3)s2)CC1. The number of hydrogen-bond acceptors (Lipinski definition) is 6. The number of aromatic nitrogens is 1. The third-order valence-electron chi connectivity index (χ3n) is 4.12. The van der Waals surface area contributed by atoms with Crippen LogP contribution in [0.4, 0.5) is 0 Å². The molecule has 0 aromatic carbocycles. The first-order chi connectivity index (χ1) is 11.2. The van der Waals surface area contributed by atoms with Gasteiger partial charge >= 0.3 is 0 Å². The Hall–Kier alpha value is -1.70. The van der Waals surface area contributed by atoms with E-state index >= 15 is 0 Å². The summed E-state index contributed by atoms with van der Waals surface area (Å²) in [6, 6.07) is 2.23. The Bertz CT molecular complexity index is 633. The van der Waals surface area contributed by atoms with E-state index in [0.717, 1.165) is 43.4 Å². The van der Waals surface area contributed by atoms with Crippen LogP contribution >= 0.6 is 11.3 Å². The molecule has 0 aliphatic carbocycles. The van der Waals surface area contributed by atoms with Gasteiger partial charge in [-0.1, -0.05) is 0 Å². The van der Waals surface area contributed by atoms with Crippen LogP contribution in [-0.4, -0.2) is 66.6 Å². The lowest BCUT2D eigenvalue weighted by Gasteiger charge is -2.37. The highest BCUT2D eigenvalue weighted by atomic mass is 32.1. The maximum Gasteiger partial charge on any atom is 0.265 e. The van der Waals surface area contributed by atoms with Crippen LogP contribution in [0.1, 0.15) is 16.6 Å². The largest absolute Gasteiger partial charge is 0.472 e. The van der Waals surface area contributed by atoms with Crippen LogP contribution in [0.5, 0.6) is 0 Å². The molecule has 1 fully saturated rings. The van der Waals surface area contributed by atoms with Crippen LogP contribution in [-0.2, 0) is 4.74 Å². The Morgan fingerprint density at radius 2 is 2.22 bits per heavy atom. The molecule has 0 radical (unpaired) electrons. The number of ether oxygens (including phenoxy) is 1. The summed E-state index contributed by atoms with van der Waals surface area (Å²) in [5.41, 5.74) is 0.909. The topological polar surface area (TPSA) is 58.8 Å². The number of thiazole rings is 1. The van der Waals surface area contributed by atoms with Gasteiger partial charge < -0.3 is 14.1 Å². The quantitative estimate of drug-likeness (QED) is 0.838. The number of hydrogen-bond donors (Lipinski definition) is 0. The first-order valence-corrected chi connectivity index (χ1v) is 8.51. The fourth-order valence-electron chi connectivity index (χ4n) is 2.76. The van der Waals surface area contributed by atoms with Crippen molar-refractivity contribution in [3.05, 3.63) is 29.7 Å². The van der Waals surface area contributed by atoms with Crippen LogP contribution < -0.4 is 0 Å². The summed E-state index contributed by atoms with van der Waals surface area (Å²) in [7, 11) is 1.72. The average molecular weight is 335 g/mol. The lowest BCUT2D eigenvalue weighted by Crippen LogP contribution is -2.52. The van der Waals surface area contributed by atoms with Gasteiger partial charge in [0.05, 0.1) is 19.1 Å². The number of nitrogens with zero attached hydrogens (tertiary/aromatic N) is 3. The van der Waals surface area contributed by atoms with Crippen LogP contribution in [0.15, 0.2) is 29.2 Å². The molecule has 0 bridgehead atoms. The van der Waals surface area contributed by atoms with Crippen molar-refractivity contribution in [3.63, 3.8) is 0 Å². The Morgan fingerprint density at radius 1 is 1.43 bits per heavy atom. The molecule has 0 spiro atoms. The van der Waals surface area contributed by atoms with E-state index in [1.54, 1.807) is 25.8 Å². The maximum absolute atomic E-state index is 12.6. The van der Waals surface area contributed by atoms with Crippen molar-refractivity contribution >= 4 is 17.2 Å². The number of amides is 1. The molecule has 23 heavy (non-hydrogen) atoms. The zero-order valence-electron chi connectivity index (χ0n) is 13.4. The number of furan rings is 1. The lowest BCUT2D eigenvalue weighted by atomic mass is 10.2. The average Bonchev–Trinajstić information content (AvgIpc) is 3.25. The predicted molar refractivity (Wildman–Crippen MR) is 88.6 cm³/mol. The molecule has 124 valence electrons. The zero-order valence-corrected chi connectivity index (χ0v) is 14.2. The van der Waals surface area contributed by atoms with E-state index in [-0.39, 0.29) is 5.91 Å². The molecule has 1 aliphatic heterocycles. The Labute approximate surface area is 139 Å². The number of carbonyl (C=O) groups is 1. The van der Waals surface area contributed by atoms with E-state index in [0.29, 0.717) is 10.9 Å². The summed E-state index contributed by atoms with van der Waals surface area (Å²) in [5, 5.41) is 0.814. The zero-order chi connectivity index (χ0) is 16.2. The smallest absolute Gasteiger partial charge is 0.265 e. The molecule has 0 N–H and O–H groups in total. The van der Waals surface area contributed by atoms with E-state index in [1.165, 1.54) is 11.3 Å². The summed E-state index contributed by atoms with van der Waals surface area (Å²) in [4.78, 5) is 21.9. The van der Waals surface area contributed by atoms with Gasteiger partial charge in [0.1, 0.15) is 16.1 Å². The number of rotatable bonds is 5. The molecule has 6 nitrogen and oxygen atoms in total. The van der Waals surface area contributed by atoms with Gasteiger partial charge in [-0.15, -0.1) is 11.3 Å². The molecule has 1 aliphatic rings. The van der Waals surface area contributed by atoms with Crippen LogP contribution in [0.3, 0.4) is 0 Å². The first-order valence-electron chi connectivity index (χ1n) is 7.69. The van der Waals surface area contributed by atoms with E-state index in [9.17, 15) is 4.79 Å². The second-order valence-corrected chi connectivity index (χ2v) is 6.70. The Balaban J connectivity index is 1.59.